The van der Waals surface area contributed by atoms with Crippen LogP contribution in [0.1, 0.15) is 60.0 Å². The summed E-state index contributed by atoms with van der Waals surface area (Å²) in [6.45, 7) is 2.22. The minimum absolute atomic E-state index is 0.776. The summed E-state index contributed by atoms with van der Waals surface area (Å²) in [6.07, 6.45) is 15.8. The summed E-state index contributed by atoms with van der Waals surface area (Å²) in [5.74, 6) is 0.776. The number of para-hydroxylation sites is 1. The molecule has 0 aliphatic heterocycles. The molecule has 0 spiro atoms. The van der Waals surface area contributed by atoms with Crippen LogP contribution in [-0.2, 0) is 12.8 Å². The molecular formula is C45H33N3S2. The first-order chi connectivity index (χ1) is 24.7. The number of benzene rings is 4. The highest BCUT2D eigenvalue weighted by atomic mass is 32.1. The smallest absolute Gasteiger partial charge is 0.235 e. The highest BCUT2D eigenvalue weighted by Crippen LogP contribution is 2.48. The van der Waals surface area contributed by atoms with Gasteiger partial charge in [-0.1, -0.05) is 84.5 Å². The van der Waals surface area contributed by atoms with Gasteiger partial charge in [0.05, 0.1) is 16.7 Å². The Balaban J connectivity index is 1.19. The van der Waals surface area contributed by atoms with E-state index in [1.54, 1.807) is 0 Å². The Morgan fingerprint density at radius 3 is 2.30 bits per heavy atom. The van der Waals surface area contributed by atoms with Gasteiger partial charge >= 0.3 is 0 Å². The first-order valence-electron chi connectivity index (χ1n) is 17.7. The van der Waals surface area contributed by atoms with Gasteiger partial charge in [0.25, 0.3) is 0 Å². The predicted octanol–water partition coefficient (Wildman–Crippen LogP) is 12.6. The average Bonchev–Trinajstić information content (AvgIpc) is 3.84. The molecule has 0 saturated heterocycles. The molecule has 0 saturated carbocycles. The van der Waals surface area contributed by atoms with E-state index in [4.69, 9.17) is 9.97 Å². The number of thiophene rings is 2. The van der Waals surface area contributed by atoms with E-state index in [0.29, 0.717) is 0 Å². The summed E-state index contributed by atoms with van der Waals surface area (Å²) in [4.78, 5) is 12.2. The molecule has 11 rings (SSSR count). The molecule has 3 aliphatic carbocycles. The molecular weight excluding hydrogens is 647 g/mol. The van der Waals surface area contributed by atoms with Crippen molar-refractivity contribution in [2.24, 2.45) is 0 Å². The van der Waals surface area contributed by atoms with Crippen LogP contribution in [0.4, 0.5) is 0 Å². The topological polar surface area (TPSA) is 30.7 Å². The summed E-state index contributed by atoms with van der Waals surface area (Å²) in [6, 6.07) is 31.0. The Hall–Kier alpha value is -5.10. The summed E-state index contributed by atoms with van der Waals surface area (Å²) < 4.78 is 6.49. The lowest BCUT2D eigenvalue weighted by Gasteiger charge is -2.22. The molecule has 0 N–H and O–H groups in total. The Morgan fingerprint density at radius 1 is 0.660 bits per heavy atom. The molecule has 0 bridgehead atoms. The zero-order valence-electron chi connectivity index (χ0n) is 27.8. The van der Waals surface area contributed by atoms with Crippen molar-refractivity contribution in [1.82, 2.24) is 14.5 Å². The zero-order chi connectivity index (χ0) is 32.9. The van der Waals surface area contributed by atoms with Crippen LogP contribution in [0.25, 0.3) is 75.2 Å². The van der Waals surface area contributed by atoms with Crippen LogP contribution in [0, 0.1) is 0 Å². The number of aromatic nitrogens is 3. The molecule has 0 atom stereocenters. The molecule has 0 radical (unpaired) electrons. The third-order valence-electron chi connectivity index (χ3n) is 11.1. The second-order valence-electron chi connectivity index (χ2n) is 14.0. The lowest BCUT2D eigenvalue weighted by molar-refractivity contribution is 0.836. The van der Waals surface area contributed by atoms with Crippen LogP contribution in [0.5, 0.6) is 0 Å². The maximum atomic E-state index is 5.46. The van der Waals surface area contributed by atoms with Crippen molar-refractivity contribution in [2.45, 2.75) is 45.4 Å². The summed E-state index contributed by atoms with van der Waals surface area (Å²) >= 11 is 3.89. The predicted molar refractivity (Wildman–Crippen MR) is 215 cm³/mol. The van der Waals surface area contributed by atoms with Crippen molar-refractivity contribution in [3.8, 4) is 5.95 Å². The largest absolute Gasteiger partial charge is 0.282 e. The molecule has 3 aliphatic rings. The fraction of sp³-hybridized carbons (Fsp3) is 0.156. The highest BCUT2D eigenvalue weighted by molar-refractivity contribution is 7.26. The van der Waals surface area contributed by atoms with Crippen LogP contribution in [0.15, 0.2) is 114 Å². The van der Waals surface area contributed by atoms with E-state index in [1.165, 1.54) is 85.2 Å². The van der Waals surface area contributed by atoms with Crippen LogP contribution >= 0.6 is 22.7 Å². The average molecular weight is 680 g/mol. The Labute approximate surface area is 298 Å². The van der Waals surface area contributed by atoms with E-state index in [0.717, 1.165) is 61.1 Å². The third kappa shape index (κ3) is 4.20. The van der Waals surface area contributed by atoms with E-state index in [2.05, 4.69) is 121 Å². The van der Waals surface area contributed by atoms with Crippen LogP contribution in [0.2, 0.25) is 0 Å². The van der Waals surface area contributed by atoms with Gasteiger partial charge < -0.3 is 0 Å². The van der Waals surface area contributed by atoms with Crippen LogP contribution in [0.3, 0.4) is 0 Å². The molecule has 4 aromatic carbocycles. The second-order valence-corrected chi connectivity index (χ2v) is 16.1. The molecule has 4 aromatic heterocycles. The van der Waals surface area contributed by atoms with E-state index in [-0.39, 0.29) is 0 Å². The van der Waals surface area contributed by atoms with Gasteiger partial charge in [0.1, 0.15) is 0 Å². The van der Waals surface area contributed by atoms with Gasteiger partial charge in [0.15, 0.2) is 0 Å². The fourth-order valence-electron chi connectivity index (χ4n) is 8.62. The number of nitrogens with zero attached hydrogens (tertiary/aromatic N) is 3. The molecule has 0 amide bonds. The van der Waals surface area contributed by atoms with Crippen LogP contribution in [-0.4, -0.2) is 14.5 Å². The second kappa shape index (κ2) is 10.9. The van der Waals surface area contributed by atoms with Gasteiger partial charge in [-0.15, -0.1) is 22.7 Å². The van der Waals surface area contributed by atoms with Crippen molar-refractivity contribution in [1.29, 1.82) is 0 Å². The normalized spacial score (nSPS) is 16.1. The number of fused-ring (bicyclic) bond motifs is 11. The van der Waals surface area contributed by atoms with Gasteiger partial charge in [-0.3, -0.25) is 4.57 Å². The number of hydrogen-bond donors (Lipinski definition) is 0. The lowest BCUT2D eigenvalue weighted by atomic mass is 9.85. The number of hydrogen-bond acceptors (Lipinski definition) is 4. The van der Waals surface area contributed by atoms with Gasteiger partial charge in [0.2, 0.25) is 5.95 Å². The molecule has 0 fully saturated rings. The van der Waals surface area contributed by atoms with Gasteiger partial charge in [-0.05, 0) is 103 Å². The van der Waals surface area contributed by atoms with Crippen molar-refractivity contribution in [2.75, 3.05) is 0 Å². The standard InChI is InChI=1S/C45H33N3S2/c1-26-17-19-27(20-18-26)42-34-11-2-5-14-36(34)46-45(47-42)48-37-23-21-28(29-12-8-13-32-30-9-3-6-15-39(30)49-43(29)32)25-35(37)41-38(48)24-22-33-31-10-4-7-16-40(31)50-44(33)41/h2-7,9-12,14-17,19,22,24-25H,8,13,18,20-21,23H2,1H3. The number of rotatable bonds is 3. The minimum atomic E-state index is 0.776. The quantitative estimate of drug-likeness (QED) is 0.186. The monoisotopic (exact) mass is 679 g/mol. The van der Waals surface area contributed by atoms with Crippen molar-refractivity contribution in [3.05, 3.63) is 142 Å². The van der Waals surface area contributed by atoms with E-state index in [9.17, 15) is 0 Å². The molecule has 4 heterocycles. The summed E-state index contributed by atoms with van der Waals surface area (Å²) in [5, 5.41) is 6.55. The maximum absolute atomic E-state index is 5.46. The Kier molecular flexibility index (Phi) is 6.29. The van der Waals surface area contributed by atoms with E-state index >= 15 is 0 Å². The molecule has 0 unspecified atom stereocenters. The Bertz CT molecular complexity index is 2890. The third-order valence-corrected chi connectivity index (χ3v) is 13.5. The Morgan fingerprint density at radius 2 is 1.44 bits per heavy atom. The van der Waals surface area contributed by atoms with Crippen LogP contribution < -0.4 is 0 Å². The van der Waals surface area contributed by atoms with Crippen molar-refractivity contribution in [3.63, 3.8) is 0 Å². The first kappa shape index (κ1) is 28.7. The fourth-order valence-corrected chi connectivity index (χ4v) is 11.2. The SMILES string of the molecule is CC1=CC=C(c2nc(-n3c4c(c5c6sc7ccccc7c6ccc53)C=C(C3=CCCc5c3sc3ccccc53)CC4)nc3ccccc23)CC1. The van der Waals surface area contributed by atoms with E-state index in [1.807, 2.05) is 22.7 Å². The first-order valence-corrected chi connectivity index (χ1v) is 19.4. The molecule has 3 nitrogen and oxygen atoms in total. The maximum Gasteiger partial charge on any atom is 0.235 e. The number of aryl methyl sites for hydroxylation is 1. The van der Waals surface area contributed by atoms with Gasteiger partial charge in [0, 0.05) is 51.8 Å². The highest BCUT2D eigenvalue weighted by Gasteiger charge is 2.29. The zero-order valence-corrected chi connectivity index (χ0v) is 29.4. The molecule has 50 heavy (non-hydrogen) atoms. The minimum Gasteiger partial charge on any atom is -0.282 e. The van der Waals surface area contributed by atoms with Crippen molar-refractivity contribution < 1.29 is 0 Å². The van der Waals surface area contributed by atoms with E-state index < -0.39 is 0 Å². The summed E-state index contributed by atoms with van der Waals surface area (Å²) in [7, 11) is 0. The van der Waals surface area contributed by atoms with Gasteiger partial charge in [-0.2, -0.15) is 0 Å². The number of allylic oxidation sites excluding steroid dienone is 7. The summed E-state index contributed by atoms with van der Waals surface area (Å²) in [5.41, 5.74) is 13.0. The van der Waals surface area contributed by atoms with Gasteiger partial charge in [-0.25, -0.2) is 9.97 Å². The molecule has 8 aromatic rings. The lowest BCUT2D eigenvalue weighted by Crippen LogP contribution is -2.11. The molecule has 240 valence electrons. The molecule has 5 heteroatoms. The van der Waals surface area contributed by atoms with Crippen molar-refractivity contribution >= 4 is 92.0 Å².